The van der Waals surface area contributed by atoms with E-state index in [4.69, 9.17) is 14.6 Å². The van der Waals surface area contributed by atoms with E-state index >= 15 is 0 Å². The first-order valence-corrected chi connectivity index (χ1v) is 4.25. The molecule has 0 spiro atoms. The van der Waals surface area contributed by atoms with Gasteiger partial charge in [0.2, 0.25) is 5.79 Å². The Morgan fingerprint density at radius 1 is 1.64 bits per heavy atom. The summed E-state index contributed by atoms with van der Waals surface area (Å²) >= 11 is 0. The predicted molar refractivity (Wildman–Crippen MR) is 44.4 cm³/mol. The van der Waals surface area contributed by atoms with E-state index in [0.717, 1.165) is 0 Å². The first-order chi connectivity index (χ1) is 6.58. The van der Waals surface area contributed by atoms with Gasteiger partial charge >= 0.3 is 0 Å². The zero-order chi connectivity index (χ0) is 10.8. The maximum Gasteiger partial charge on any atom is 0.228 e. The zero-order valence-electron chi connectivity index (χ0n) is 7.79. The minimum Gasteiger partial charge on any atom is -0.394 e. The van der Waals surface area contributed by atoms with E-state index in [-0.39, 0.29) is 6.42 Å². The molecule has 0 aromatic rings. The molecule has 0 aliphatic carbocycles. The Morgan fingerprint density at radius 2 is 2.29 bits per heavy atom. The van der Waals surface area contributed by atoms with Crippen LogP contribution in [0.2, 0.25) is 0 Å². The highest BCUT2D eigenvalue weighted by Gasteiger charge is 2.46. The van der Waals surface area contributed by atoms with Crippen LogP contribution in [0.5, 0.6) is 0 Å². The average molecular weight is 206 g/mol. The van der Waals surface area contributed by atoms with Gasteiger partial charge in [0.15, 0.2) is 6.29 Å². The maximum absolute atomic E-state index is 10.7. The van der Waals surface area contributed by atoms with Crippen LogP contribution < -0.4 is 0 Å². The lowest BCUT2D eigenvalue weighted by Gasteiger charge is -2.40. The van der Waals surface area contributed by atoms with Gasteiger partial charge in [0.25, 0.3) is 0 Å². The second-order valence-corrected chi connectivity index (χ2v) is 3.23. The standard InChI is InChI=1S/C8H14O6/c1-13-8(4-10)2-5(11)7(12)6(3-9)14-8/h4-7,9,11-12H,2-3H2,1H3/t5-,6-,7+,8-/m1/s1. The molecule has 1 aliphatic heterocycles. The van der Waals surface area contributed by atoms with Gasteiger partial charge in [-0.25, -0.2) is 0 Å². The molecule has 1 aliphatic rings. The lowest BCUT2D eigenvalue weighted by Crippen LogP contribution is -2.57. The Balaban J connectivity index is 2.80. The second-order valence-electron chi connectivity index (χ2n) is 3.23. The van der Waals surface area contributed by atoms with Crippen molar-refractivity contribution in [1.82, 2.24) is 0 Å². The molecule has 0 amide bonds. The fraction of sp³-hybridized carbons (Fsp3) is 0.875. The van der Waals surface area contributed by atoms with Gasteiger partial charge in [-0.2, -0.15) is 0 Å². The number of ether oxygens (including phenoxy) is 2. The van der Waals surface area contributed by atoms with Crippen molar-refractivity contribution in [2.24, 2.45) is 0 Å². The number of aliphatic hydroxyl groups excluding tert-OH is 3. The first kappa shape index (κ1) is 11.5. The van der Waals surface area contributed by atoms with Gasteiger partial charge in [-0.3, -0.25) is 4.79 Å². The highest BCUT2D eigenvalue weighted by molar-refractivity contribution is 5.60. The average Bonchev–Trinajstić information content (AvgIpc) is 2.22. The summed E-state index contributed by atoms with van der Waals surface area (Å²) in [4.78, 5) is 10.7. The number of aldehydes is 1. The van der Waals surface area contributed by atoms with Crippen molar-refractivity contribution in [2.75, 3.05) is 13.7 Å². The molecule has 14 heavy (non-hydrogen) atoms. The summed E-state index contributed by atoms with van der Waals surface area (Å²) in [5, 5.41) is 27.6. The Kier molecular flexibility index (Phi) is 3.57. The van der Waals surface area contributed by atoms with Gasteiger partial charge in [-0.05, 0) is 0 Å². The first-order valence-electron chi connectivity index (χ1n) is 4.25. The molecule has 3 N–H and O–H groups in total. The van der Waals surface area contributed by atoms with E-state index in [1.807, 2.05) is 0 Å². The number of aliphatic hydroxyl groups is 3. The topological polar surface area (TPSA) is 96.2 Å². The van der Waals surface area contributed by atoms with Gasteiger partial charge in [0.1, 0.15) is 12.2 Å². The molecule has 0 bridgehead atoms. The molecule has 1 saturated heterocycles. The molecule has 1 heterocycles. The molecule has 0 aromatic heterocycles. The van der Waals surface area contributed by atoms with Crippen LogP contribution in [0, 0.1) is 0 Å². The predicted octanol–water partition coefficient (Wildman–Crippen LogP) is -1.97. The summed E-state index contributed by atoms with van der Waals surface area (Å²) in [6.45, 7) is -0.489. The molecule has 82 valence electrons. The quantitative estimate of drug-likeness (QED) is 0.464. The van der Waals surface area contributed by atoms with E-state index in [1.165, 1.54) is 7.11 Å². The SMILES string of the molecule is CO[C@]1(C=O)C[C@@H](O)[C@H](O)[C@@H](CO)O1. The van der Waals surface area contributed by atoms with Gasteiger partial charge in [-0.1, -0.05) is 0 Å². The van der Waals surface area contributed by atoms with Crippen molar-refractivity contribution in [3.63, 3.8) is 0 Å². The fourth-order valence-corrected chi connectivity index (χ4v) is 1.43. The van der Waals surface area contributed by atoms with Crippen LogP contribution in [0.25, 0.3) is 0 Å². The van der Waals surface area contributed by atoms with Gasteiger partial charge in [0, 0.05) is 13.5 Å². The molecule has 6 nitrogen and oxygen atoms in total. The third-order valence-corrected chi connectivity index (χ3v) is 2.32. The fourth-order valence-electron chi connectivity index (χ4n) is 1.43. The molecule has 1 fully saturated rings. The van der Waals surface area contributed by atoms with Crippen molar-refractivity contribution in [1.29, 1.82) is 0 Å². The molecule has 0 radical (unpaired) electrons. The van der Waals surface area contributed by atoms with Crippen molar-refractivity contribution < 1.29 is 29.6 Å². The van der Waals surface area contributed by atoms with E-state index in [2.05, 4.69) is 0 Å². The largest absolute Gasteiger partial charge is 0.394 e. The van der Waals surface area contributed by atoms with E-state index < -0.39 is 30.7 Å². The van der Waals surface area contributed by atoms with Crippen LogP contribution in [0.4, 0.5) is 0 Å². The molecule has 0 aromatic carbocycles. The smallest absolute Gasteiger partial charge is 0.228 e. The highest BCUT2D eigenvalue weighted by Crippen LogP contribution is 2.28. The molecule has 4 atom stereocenters. The summed E-state index contributed by atoms with van der Waals surface area (Å²) in [7, 11) is 1.26. The number of carbonyl (C=O) groups excluding carboxylic acids is 1. The lowest BCUT2D eigenvalue weighted by atomic mass is 9.96. The minimum atomic E-state index is -1.56. The third-order valence-electron chi connectivity index (χ3n) is 2.32. The molecule has 1 rings (SSSR count). The van der Waals surface area contributed by atoms with Crippen LogP contribution in [0.3, 0.4) is 0 Å². The van der Waals surface area contributed by atoms with Crippen LogP contribution >= 0.6 is 0 Å². The van der Waals surface area contributed by atoms with Crippen LogP contribution in [0.1, 0.15) is 6.42 Å². The van der Waals surface area contributed by atoms with Gasteiger partial charge in [0.05, 0.1) is 12.7 Å². The Hall–Kier alpha value is -0.530. The second kappa shape index (κ2) is 4.33. The Labute approximate surface area is 81.1 Å². The van der Waals surface area contributed by atoms with E-state index in [0.29, 0.717) is 6.29 Å². The molecule has 0 saturated carbocycles. The summed E-state index contributed by atoms with van der Waals surface area (Å²) < 4.78 is 9.86. The molecular formula is C8H14O6. The van der Waals surface area contributed by atoms with E-state index in [1.54, 1.807) is 0 Å². The van der Waals surface area contributed by atoms with Crippen LogP contribution in [-0.2, 0) is 14.3 Å². The molecule has 6 heteroatoms. The number of hydrogen-bond acceptors (Lipinski definition) is 6. The van der Waals surface area contributed by atoms with Gasteiger partial charge < -0.3 is 24.8 Å². The highest BCUT2D eigenvalue weighted by atomic mass is 16.7. The maximum atomic E-state index is 10.7. The molecular weight excluding hydrogens is 192 g/mol. The summed E-state index contributed by atoms with van der Waals surface area (Å²) in [6, 6.07) is 0. The van der Waals surface area contributed by atoms with Crippen LogP contribution in [-0.4, -0.2) is 59.4 Å². The zero-order valence-corrected chi connectivity index (χ0v) is 7.79. The summed E-state index contributed by atoms with van der Waals surface area (Å²) in [5.74, 6) is -1.56. The number of hydrogen-bond donors (Lipinski definition) is 3. The Morgan fingerprint density at radius 3 is 2.71 bits per heavy atom. The third kappa shape index (κ3) is 1.94. The van der Waals surface area contributed by atoms with Crippen molar-refractivity contribution in [3.05, 3.63) is 0 Å². The van der Waals surface area contributed by atoms with E-state index in [9.17, 15) is 15.0 Å². The van der Waals surface area contributed by atoms with Crippen molar-refractivity contribution in [3.8, 4) is 0 Å². The minimum absolute atomic E-state index is 0.148. The summed E-state index contributed by atoms with van der Waals surface area (Å²) in [6.07, 6.45) is -3.10. The van der Waals surface area contributed by atoms with Crippen LogP contribution in [0.15, 0.2) is 0 Å². The Bertz CT molecular complexity index is 208. The van der Waals surface area contributed by atoms with Crippen molar-refractivity contribution in [2.45, 2.75) is 30.5 Å². The monoisotopic (exact) mass is 206 g/mol. The van der Waals surface area contributed by atoms with Crippen molar-refractivity contribution >= 4 is 6.29 Å². The number of methoxy groups -OCH3 is 1. The molecule has 0 unspecified atom stereocenters. The van der Waals surface area contributed by atoms with Gasteiger partial charge in [-0.15, -0.1) is 0 Å². The lowest BCUT2D eigenvalue weighted by molar-refractivity contribution is -0.292. The summed E-state index contributed by atoms with van der Waals surface area (Å²) in [5.41, 5.74) is 0. The normalized spacial score (nSPS) is 43.6. The number of carbonyl (C=O) groups is 1. The number of rotatable bonds is 3.